The predicted octanol–water partition coefficient (Wildman–Crippen LogP) is 5.29. The van der Waals surface area contributed by atoms with E-state index in [0.717, 1.165) is 65.5 Å². The summed E-state index contributed by atoms with van der Waals surface area (Å²) in [5, 5.41) is 11.7. The van der Waals surface area contributed by atoms with Gasteiger partial charge in [0.2, 0.25) is 0 Å². The monoisotopic (exact) mass is 513 g/mol. The predicted molar refractivity (Wildman–Crippen MR) is 151 cm³/mol. The number of aliphatic hydroxyl groups excluding tert-OH is 1. The van der Waals surface area contributed by atoms with Gasteiger partial charge in [-0.3, -0.25) is 4.98 Å². The third kappa shape index (κ3) is 6.01. The van der Waals surface area contributed by atoms with Crippen LogP contribution in [0, 0.1) is 0 Å². The number of piperidine rings is 1. The number of aromatic nitrogens is 1. The van der Waals surface area contributed by atoms with E-state index in [0.29, 0.717) is 12.6 Å². The number of hydrogen-bond acceptors (Lipinski definition) is 7. The number of pyridine rings is 1. The van der Waals surface area contributed by atoms with Crippen LogP contribution in [-0.2, 0) is 0 Å². The van der Waals surface area contributed by atoms with Crippen molar-refractivity contribution < 1.29 is 19.3 Å². The van der Waals surface area contributed by atoms with Gasteiger partial charge in [-0.2, -0.15) is 0 Å². The lowest BCUT2D eigenvalue weighted by Gasteiger charge is -2.40. The minimum atomic E-state index is -0.572. The van der Waals surface area contributed by atoms with Crippen molar-refractivity contribution in [3.05, 3.63) is 85.1 Å². The second-order valence-corrected chi connectivity index (χ2v) is 9.59. The van der Waals surface area contributed by atoms with Gasteiger partial charge >= 0.3 is 0 Å². The van der Waals surface area contributed by atoms with Crippen LogP contribution in [-0.4, -0.2) is 67.6 Å². The Labute approximate surface area is 224 Å². The molecule has 1 aliphatic rings. The first-order chi connectivity index (χ1) is 18.6. The molecular formula is C31H35N3O4. The van der Waals surface area contributed by atoms with E-state index in [-0.39, 0.29) is 6.61 Å². The van der Waals surface area contributed by atoms with Crippen LogP contribution in [0.5, 0.6) is 17.2 Å². The Morgan fingerprint density at radius 1 is 0.868 bits per heavy atom. The zero-order valence-electron chi connectivity index (χ0n) is 22.0. The van der Waals surface area contributed by atoms with Crippen LogP contribution < -0.4 is 19.1 Å². The van der Waals surface area contributed by atoms with Gasteiger partial charge in [0.25, 0.3) is 0 Å². The Balaban J connectivity index is 1.21. The molecule has 0 aliphatic carbocycles. The smallest absolute Gasteiger partial charge is 0.128 e. The molecule has 1 saturated heterocycles. The lowest BCUT2D eigenvalue weighted by molar-refractivity contribution is 0.0602. The van der Waals surface area contributed by atoms with Crippen molar-refractivity contribution in [3.63, 3.8) is 0 Å². The number of β-amino-alcohol motifs (C(OH)–C–C–N with tert-alkyl or cyclic N) is 1. The van der Waals surface area contributed by atoms with Crippen LogP contribution in [0.15, 0.2) is 85.1 Å². The van der Waals surface area contributed by atoms with Gasteiger partial charge in [-0.05, 0) is 85.6 Å². The molecule has 38 heavy (non-hydrogen) atoms. The molecule has 2 heterocycles. The number of ether oxygens (including phenoxy) is 3. The summed E-state index contributed by atoms with van der Waals surface area (Å²) in [5.41, 5.74) is 3.15. The first-order valence-electron chi connectivity index (χ1n) is 13.1. The van der Waals surface area contributed by atoms with Gasteiger partial charge in [0.05, 0.1) is 19.7 Å². The average molecular weight is 514 g/mol. The molecule has 0 amide bonds. The molecule has 198 valence electrons. The topological polar surface area (TPSA) is 67.3 Å². The SMILES string of the molecule is COc1ccc(N(c2ccc(OC)cc2)C2CCN(CC(O)COc3cccc4ncccc34)CC2)cc1. The third-order valence-corrected chi connectivity index (χ3v) is 7.13. The highest BCUT2D eigenvalue weighted by Crippen LogP contribution is 2.34. The lowest BCUT2D eigenvalue weighted by atomic mass is 10.0. The van der Waals surface area contributed by atoms with E-state index in [4.69, 9.17) is 14.2 Å². The molecule has 0 bridgehead atoms. The second-order valence-electron chi connectivity index (χ2n) is 9.59. The molecule has 0 spiro atoms. The van der Waals surface area contributed by atoms with Crippen molar-refractivity contribution in [1.82, 2.24) is 9.88 Å². The van der Waals surface area contributed by atoms with Crippen LogP contribution in [0.3, 0.4) is 0 Å². The lowest BCUT2D eigenvalue weighted by Crippen LogP contribution is -2.46. The summed E-state index contributed by atoms with van der Waals surface area (Å²) in [5.74, 6) is 2.44. The molecule has 1 N–H and O–H groups in total. The van der Waals surface area contributed by atoms with Crippen molar-refractivity contribution in [3.8, 4) is 17.2 Å². The molecular weight excluding hydrogens is 478 g/mol. The standard InChI is InChI=1S/C31H35N3O4/c1-36-27-12-8-23(9-13-27)34(24-10-14-28(37-2)15-11-24)25-16-19-33(20-17-25)21-26(35)22-38-31-7-3-6-30-29(31)5-4-18-32-30/h3-15,18,25-26,35H,16-17,19-22H2,1-2H3. The van der Waals surface area contributed by atoms with Crippen LogP contribution >= 0.6 is 0 Å². The summed E-state index contributed by atoms with van der Waals surface area (Å²) in [4.78, 5) is 9.11. The van der Waals surface area contributed by atoms with E-state index in [2.05, 4.69) is 39.0 Å². The highest BCUT2D eigenvalue weighted by molar-refractivity contribution is 5.84. The number of likely N-dealkylation sites (tertiary alicyclic amines) is 1. The largest absolute Gasteiger partial charge is 0.497 e. The summed E-state index contributed by atoms with van der Waals surface area (Å²) in [6.45, 7) is 2.64. The fourth-order valence-electron chi connectivity index (χ4n) is 5.15. The summed E-state index contributed by atoms with van der Waals surface area (Å²) in [6, 6.07) is 26.5. The maximum Gasteiger partial charge on any atom is 0.128 e. The molecule has 1 unspecified atom stereocenters. The number of nitrogens with zero attached hydrogens (tertiary/aromatic N) is 3. The van der Waals surface area contributed by atoms with E-state index in [1.54, 1.807) is 20.4 Å². The van der Waals surface area contributed by atoms with Gasteiger partial charge in [-0.1, -0.05) is 6.07 Å². The molecule has 0 radical (unpaired) electrons. The first kappa shape index (κ1) is 25.8. The normalized spacial score (nSPS) is 15.2. The molecule has 3 aromatic carbocycles. The maximum absolute atomic E-state index is 10.7. The molecule has 1 atom stereocenters. The highest BCUT2D eigenvalue weighted by Gasteiger charge is 2.27. The van der Waals surface area contributed by atoms with Crippen molar-refractivity contribution >= 4 is 22.3 Å². The Bertz CT molecular complexity index is 1250. The Hall–Kier alpha value is -3.81. The third-order valence-electron chi connectivity index (χ3n) is 7.13. The minimum absolute atomic E-state index is 0.248. The van der Waals surface area contributed by atoms with Gasteiger partial charge in [0.1, 0.15) is 30.0 Å². The fraction of sp³-hybridized carbons (Fsp3) is 0.323. The number of aliphatic hydroxyl groups is 1. The molecule has 1 fully saturated rings. The minimum Gasteiger partial charge on any atom is -0.497 e. The Kier molecular flexibility index (Phi) is 8.26. The zero-order chi connectivity index (χ0) is 26.3. The number of hydrogen-bond donors (Lipinski definition) is 1. The molecule has 7 heteroatoms. The van der Waals surface area contributed by atoms with Gasteiger partial charge in [0, 0.05) is 48.6 Å². The molecule has 0 saturated carbocycles. The first-order valence-corrected chi connectivity index (χ1v) is 13.1. The summed E-state index contributed by atoms with van der Waals surface area (Å²) < 4.78 is 16.7. The van der Waals surface area contributed by atoms with E-state index in [1.165, 1.54) is 0 Å². The number of rotatable bonds is 10. The van der Waals surface area contributed by atoms with Crippen LogP contribution in [0.25, 0.3) is 10.9 Å². The maximum atomic E-state index is 10.7. The number of anilines is 2. The fourth-order valence-corrected chi connectivity index (χ4v) is 5.15. The second kappa shape index (κ2) is 12.2. The number of methoxy groups -OCH3 is 2. The van der Waals surface area contributed by atoms with E-state index in [1.807, 2.05) is 54.6 Å². The van der Waals surface area contributed by atoms with Crippen molar-refractivity contribution in [1.29, 1.82) is 0 Å². The van der Waals surface area contributed by atoms with Crippen molar-refractivity contribution in [2.75, 3.05) is 45.4 Å². The van der Waals surface area contributed by atoms with Crippen LogP contribution in [0.4, 0.5) is 11.4 Å². The van der Waals surface area contributed by atoms with Crippen LogP contribution in [0.1, 0.15) is 12.8 Å². The summed E-state index contributed by atoms with van der Waals surface area (Å²) in [6.07, 6.45) is 3.17. The molecule has 1 aromatic heterocycles. The average Bonchev–Trinajstić information content (AvgIpc) is 2.98. The molecule has 4 aromatic rings. The highest BCUT2D eigenvalue weighted by atomic mass is 16.5. The number of benzene rings is 3. The zero-order valence-corrected chi connectivity index (χ0v) is 22.0. The van der Waals surface area contributed by atoms with Crippen LogP contribution in [0.2, 0.25) is 0 Å². The van der Waals surface area contributed by atoms with Crippen molar-refractivity contribution in [2.24, 2.45) is 0 Å². The number of fused-ring (bicyclic) bond motifs is 1. The summed E-state index contributed by atoms with van der Waals surface area (Å²) in [7, 11) is 3.37. The molecule has 1 aliphatic heterocycles. The molecule has 5 rings (SSSR count). The van der Waals surface area contributed by atoms with E-state index < -0.39 is 6.10 Å². The Morgan fingerprint density at radius 2 is 1.50 bits per heavy atom. The van der Waals surface area contributed by atoms with Gasteiger partial charge < -0.3 is 29.1 Å². The van der Waals surface area contributed by atoms with Gasteiger partial charge in [0.15, 0.2) is 0 Å². The van der Waals surface area contributed by atoms with E-state index >= 15 is 0 Å². The van der Waals surface area contributed by atoms with Gasteiger partial charge in [-0.25, -0.2) is 0 Å². The Morgan fingerprint density at radius 3 is 2.11 bits per heavy atom. The quantitative estimate of drug-likeness (QED) is 0.309. The van der Waals surface area contributed by atoms with E-state index in [9.17, 15) is 5.11 Å². The summed E-state index contributed by atoms with van der Waals surface area (Å²) >= 11 is 0. The van der Waals surface area contributed by atoms with Crippen molar-refractivity contribution in [2.45, 2.75) is 25.0 Å². The van der Waals surface area contributed by atoms with Gasteiger partial charge in [-0.15, -0.1) is 0 Å². The molecule has 7 nitrogen and oxygen atoms in total.